The highest BCUT2D eigenvalue weighted by molar-refractivity contribution is 5.62. The Morgan fingerprint density at radius 3 is 2.46 bits per heavy atom. The Morgan fingerprint density at radius 2 is 1.81 bits per heavy atom. The number of cyclic esters (lactones) is 1. The Kier molecular flexibility index (Phi) is 4.71. The lowest BCUT2D eigenvalue weighted by Crippen LogP contribution is -2.45. The Labute approximate surface area is 152 Å². The highest BCUT2D eigenvalue weighted by atomic mass is 16.8. The number of benzene rings is 1. The van der Waals surface area contributed by atoms with Crippen LogP contribution in [0, 0.1) is 0 Å². The van der Waals surface area contributed by atoms with Crippen LogP contribution in [0.15, 0.2) is 42.7 Å². The molecule has 0 aliphatic carbocycles. The molecule has 0 bridgehead atoms. The summed E-state index contributed by atoms with van der Waals surface area (Å²) in [5.41, 5.74) is 1.86. The maximum absolute atomic E-state index is 11.2. The SMILES string of the molecule is O=C1OCC2(CCN(Cc3cnc(NCc4ccccc4)nc3)CC2)O1. The number of hydrogen-bond acceptors (Lipinski definition) is 7. The van der Waals surface area contributed by atoms with E-state index < -0.39 is 11.8 Å². The van der Waals surface area contributed by atoms with Crippen molar-refractivity contribution in [1.29, 1.82) is 0 Å². The predicted molar refractivity (Wildman–Crippen MR) is 95.5 cm³/mol. The highest BCUT2D eigenvalue weighted by Crippen LogP contribution is 2.32. The van der Waals surface area contributed by atoms with Crippen molar-refractivity contribution in [3.63, 3.8) is 0 Å². The third-order valence-electron chi connectivity index (χ3n) is 4.93. The van der Waals surface area contributed by atoms with E-state index >= 15 is 0 Å². The summed E-state index contributed by atoms with van der Waals surface area (Å²) in [4.78, 5) is 22.3. The summed E-state index contributed by atoms with van der Waals surface area (Å²) in [6.07, 6.45) is 4.80. The van der Waals surface area contributed by atoms with Crippen molar-refractivity contribution in [3.8, 4) is 0 Å². The van der Waals surface area contributed by atoms with E-state index in [2.05, 4.69) is 32.3 Å². The van der Waals surface area contributed by atoms with Gasteiger partial charge in [0.25, 0.3) is 0 Å². The second-order valence-corrected chi connectivity index (χ2v) is 6.85. The van der Waals surface area contributed by atoms with Gasteiger partial charge in [-0.2, -0.15) is 0 Å². The zero-order valence-corrected chi connectivity index (χ0v) is 14.6. The van der Waals surface area contributed by atoms with Crippen LogP contribution in [0.5, 0.6) is 0 Å². The number of anilines is 1. The fourth-order valence-corrected chi connectivity index (χ4v) is 3.35. The third-order valence-corrected chi connectivity index (χ3v) is 4.93. The summed E-state index contributed by atoms with van der Waals surface area (Å²) >= 11 is 0. The van der Waals surface area contributed by atoms with Crippen LogP contribution < -0.4 is 5.32 Å². The van der Waals surface area contributed by atoms with Crippen LogP contribution in [0.1, 0.15) is 24.0 Å². The second-order valence-electron chi connectivity index (χ2n) is 6.85. The van der Waals surface area contributed by atoms with Gasteiger partial charge < -0.3 is 14.8 Å². The molecule has 3 heterocycles. The van der Waals surface area contributed by atoms with Crippen molar-refractivity contribution in [1.82, 2.24) is 14.9 Å². The first kappa shape index (κ1) is 16.8. The quantitative estimate of drug-likeness (QED) is 0.827. The van der Waals surface area contributed by atoms with Crippen molar-refractivity contribution >= 4 is 12.1 Å². The van der Waals surface area contributed by atoms with E-state index in [1.807, 2.05) is 30.6 Å². The largest absolute Gasteiger partial charge is 0.509 e. The predicted octanol–water partition coefficient (Wildman–Crippen LogP) is 2.59. The lowest BCUT2D eigenvalue weighted by molar-refractivity contribution is -0.00166. The molecule has 2 saturated heterocycles. The van der Waals surface area contributed by atoms with Crippen molar-refractivity contribution in [2.24, 2.45) is 0 Å². The topological polar surface area (TPSA) is 76.6 Å². The number of piperidine rings is 1. The molecule has 4 rings (SSSR count). The van der Waals surface area contributed by atoms with Gasteiger partial charge in [-0.3, -0.25) is 4.90 Å². The minimum Gasteiger partial charge on any atom is -0.430 e. The molecule has 0 atom stereocenters. The van der Waals surface area contributed by atoms with Crippen LogP contribution in [-0.4, -0.2) is 46.3 Å². The number of nitrogens with zero attached hydrogens (tertiary/aromatic N) is 3. The van der Waals surface area contributed by atoms with Gasteiger partial charge >= 0.3 is 6.16 Å². The van der Waals surface area contributed by atoms with Gasteiger partial charge in [-0.15, -0.1) is 0 Å². The molecule has 1 aromatic carbocycles. The van der Waals surface area contributed by atoms with Crippen LogP contribution in [0.3, 0.4) is 0 Å². The fraction of sp³-hybridized carbons (Fsp3) is 0.421. The Bertz CT molecular complexity index is 743. The molecule has 0 unspecified atom stereocenters. The van der Waals surface area contributed by atoms with Gasteiger partial charge in [0.1, 0.15) is 6.61 Å². The lowest BCUT2D eigenvalue weighted by atomic mass is 9.92. The Hall–Kier alpha value is -2.67. The molecule has 7 heteroatoms. The van der Waals surface area contributed by atoms with Crippen LogP contribution in [-0.2, 0) is 22.6 Å². The summed E-state index contributed by atoms with van der Waals surface area (Å²) in [5.74, 6) is 0.630. The number of carbonyl (C=O) groups is 1. The van der Waals surface area contributed by atoms with Gasteiger partial charge in [0.05, 0.1) is 0 Å². The maximum Gasteiger partial charge on any atom is 0.509 e. The summed E-state index contributed by atoms with van der Waals surface area (Å²) < 4.78 is 10.3. The summed E-state index contributed by atoms with van der Waals surface area (Å²) in [5, 5.41) is 3.23. The summed E-state index contributed by atoms with van der Waals surface area (Å²) in [7, 11) is 0. The number of carbonyl (C=O) groups excluding carboxylic acids is 1. The van der Waals surface area contributed by atoms with E-state index in [1.54, 1.807) is 0 Å². The molecule has 136 valence electrons. The Balaban J connectivity index is 1.26. The first-order valence-corrected chi connectivity index (χ1v) is 8.88. The number of rotatable bonds is 5. The minimum atomic E-state index is -0.537. The van der Waals surface area contributed by atoms with Crippen LogP contribution in [0.2, 0.25) is 0 Å². The molecule has 1 aromatic heterocycles. The molecule has 0 radical (unpaired) electrons. The molecule has 2 fully saturated rings. The smallest absolute Gasteiger partial charge is 0.430 e. The first-order chi connectivity index (χ1) is 12.7. The number of hydrogen-bond donors (Lipinski definition) is 1. The lowest BCUT2D eigenvalue weighted by Gasteiger charge is -2.36. The molecule has 0 amide bonds. The second kappa shape index (κ2) is 7.29. The van der Waals surface area contributed by atoms with Crippen molar-refractivity contribution < 1.29 is 14.3 Å². The van der Waals surface area contributed by atoms with Crippen LogP contribution >= 0.6 is 0 Å². The molecule has 26 heavy (non-hydrogen) atoms. The molecule has 1 N–H and O–H groups in total. The van der Waals surface area contributed by atoms with E-state index in [1.165, 1.54) is 5.56 Å². The molecular formula is C19H22N4O3. The number of ether oxygens (including phenoxy) is 2. The van der Waals surface area contributed by atoms with Gasteiger partial charge in [0.15, 0.2) is 5.60 Å². The Morgan fingerprint density at radius 1 is 1.08 bits per heavy atom. The first-order valence-electron chi connectivity index (χ1n) is 8.88. The normalized spacial score (nSPS) is 19.2. The van der Waals surface area contributed by atoms with Gasteiger partial charge in [-0.25, -0.2) is 14.8 Å². The molecule has 1 spiro atoms. The van der Waals surface area contributed by atoms with E-state index in [0.717, 1.165) is 38.0 Å². The summed E-state index contributed by atoms with van der Waals surface area (Å²) in [6.45, 7) is 3.61. The van der Waals surface area contributed by atoms with Gasteiger partial charge in [-0.1, -0.05) is 30.3 Å². The zero-order chi connectivity index (χ0) is 17.8. The van der Waals surface area contributed by atoms with Crippen LogP contribution in [0.4, 0.5) is 10.7 Å². The van der Waals surface area contributed by atoms with Crippen molar-refractivity contribution in [3.05, 3.63) is 53.9 Å². The van der Waals surface area contributed by atoms with Crippen molar-refractivity contribution in [2.45, 2.75) is 31.5 Å². The van der Waals surface area contributed by atoms with E-state index in [-0.39, 0.29) is 0 Å². The molecule has 2 aromatic rings. The fourth-order valence-electron chi connectivity index (χ4n) is 3.35. The number of likely N-dealkylation sites (tertiary alicyclic amines) is 1. The molecule has 7 nitrogen and oxygen atoms in total. The van der Waals surface area contributed by atoms with Gasteiger partial charge in [-0.05, 0) is 5.56 Å². The van der Waals surface area contributed by atoms with Crippen molar-refractivity contribution in [2.75, 3.05) is 25.0 Å². The highest BCUT2D eigenvalue weighted by Gasteiger charge is 2.44. The molecule has 2 aliphatic heterocycles. The van der Waals surface area contributed by atoms with Gasteiger partial charge in [0, 0.05) is 57.0 Å². The minimum absolute atomic E-state index is 0.380. The monoisotopic (exact) mass is 354 g/mol. The molecular weight excluding hydrogens is 332 g/mol. The average molecular weight is 354 g/mol. The van der Waals surface area contributed by atoms with E-state index in [9.17, 15) is 4.79 Å². The average Bonchev–Trinajstić information content (AvgIpc) is 3.04. The van der Waals surface area contributed by atoms with Gasteiger partial charge in [0.2, 0.25) is 5.95 Å². The molecule has 2 aliphatic rings. The maximum atomic E-state index is 11.2. The third kappa shape index (κ3) is 3.94. The number of aromatic nitrogens is 2. The number of nitrogens with one attached hydrogen (secondary N) is 1. The summed E-state index contributed by atoms with van der Waals surface area (Å²) in [6, 6.07) is 10.2. The van der Waals surface area contributed by atoms with E-state index in [0.29, 0.717) is 19.1 Å². The molecule has 0 saturated carbocycles. The zero-order valence-electron chi connectivity index (χ0n) is 14.6. The van der Waals surface area contributed by atoms with Crippen LogP contribution in [0.25, 0.3) is 0 Å². The van der Waals surface area contributed by atoms with E-state index in [4.69, 9.17) is 9.47 Å². The standard InChI is InChI=1S/C19H22N4O3/c24-18-25-14-19(26-18)6-8-23(9-7-19)13-16-11-21-17(22-12-16)20-10-15-4-2-1-3-5-15/h1-5,11-12H,6-10,13-14H2,(H,20,21,22).